The second-order valence-corrected chi connectivity index (χ2v) is 4.98. The Labute approximate surface area is 138 Å². The fourth-order valence-corrected chi connectivity index (χ4v) is 2.06. The molecule has 6 nitrogen and oxygen atoms in total. The highest BCUT2D eigenvalue weighted by molar-refractivity contribution is 7.80. The Morgan fingerprint density at radius 2 is 1.78 bits per heavy atom. The number of nitrogens with one attached hydrogen (secondary N) is 2. The van der Waals surface area contributed by atoms with Crippen molar-refractivity contribution < 1.29 is 14.3 Å². The third-order valence-electron chi connectivity index (χ3n) is 3.00. The molecule has 0 heterocycles. The number of ketones is 1. The Balaban J connectivity index is 2.13. The van der Waals surface area contributed by atoms with Gasteiger partial charge in [0.1, 0.15) is 0 Å². The number of thiocarbonyl (C=S) groups is 1. The quantitative estimate of drug-likeness (QED) is 0.455. The number of nitrogen functional groups attached to an aromatic ring is 1. The van der Waals surface area contributed by atoms with E-state index in [9.17, 15) is 9.59 Å². The molecule has 2 aromatic rings. The second-order valence-electron chi connectivity index (χ2n) is 4.57. The highest BCUT2D eigenvalue weighted by Gasteiger charge is 2.11. The lowest BCUT2D eigenvalue weighted by molar-refractivity contribution is 0.103. The van der Waals surface area contributed by atoms with Crippen LogP contribution in [0, 0.1) is 0 Å². The maximum Gasteiger partial charge on any atom is 0.413 e. The number of amides is 1. The number of hydrogen-bond donors (Lipinski definition) is 3. The van der Waals surface area contributed by atoms with Crippen molar-refractivity contribution in [2.45, 2.75) is 0 Å². The number of methoxy groups -OCH3 is 1. The Morgan fingerprint density at radius 3 is 2.39 bits per heavy atom. The summed E-state index contributed by atoms with van der Waals surface area (Å²) >= 11 is 4.95. The van der Waals surface area contributed by atoms with Crippen LogP contribution in [0.2, 0.25) is 0 Å². The molecule has 0 radical (unpaired) electrons. The minimum absolute atomic E-state index is 0.0469. The first-order valence-corrected chi connectivity index (χ1v) is 7.07. The average Bonchev–Trinajstić information content (AvgIpc) is 2.56. The minimum Gasteiger partial charge on any atom is -0.453 e. The van der Waals surface area contributed by atoms with Crippen molar-refractivity contribution in [2.24, 2.45) is 0 Å². The lowest BCUT2D eigenvalue weighted by Gasteiger charge is -2.12. The van der Waals surface area contributed by atoms with Crippen molar-refractivity contribution in [1.82, 2.24) is 5.32 Å². The van der Waals surface area contributed by atoms with Crippen LogP contribution < -0.4 is 16.4 Å². The van der Waals surface area contributed by atoms with E-state index in [1.54, 1.807) is 42.5 Å². The van der Waals surface area contributed by atoms with Crippen LogP contribution in [-0.4, -0.2) is 24.1 Å². The van der Waals surface area contributed by atoms with E-state index in [0.717, 1.165) is 0 Å². The number of carbonyl (C=O) groups excluding carboxylic acids is 2. The summed E-state index contributed by atoms with van der Waals surface area (Å²) in [6, 6.07) is 13.7. The molecule has 0 saturated heterocycles. The highest BCUT2D eigenvalue weighted by Crippen LogP contribution is 2.21. The molecule has 0 aliphatic heterocycles. The molecule has 118 valence electrons. The van der Waals surface area contributed by atoms with Crippen molar-refractivity contribution in [3.63, 3.8) is 0 Å². The summed E-state index contributed by atoms with van der Waals surface area (Å²) in [6.07, 6.45) is -0.683. The summed E-state index contributed by atoms with van der Waals surface area (Å²) in [4.78, 5) is 23.4. The van der Waals surface area contributed by atoms with Crippen molar-refractivity contribution in [3.05, 3.63) is 59.7 Å². The summed E-state index contributed by atoms with van der Waals surface area (Å²) < 4.78 is 4.43. The molecular weight excluding hydrogens is 314 g/mol. The number of nitrogens with two attached hydrogens (primary N) is 1. The van der Waals surface area contributed by atoms with Crippen molar-refractivity contribution in [1.29, 1.82) is 0 Å². The maximum absolute atomic E-state index is 12.3. The Bertz CT molecular complexity index is 747. The van der Waals surface area contributed by atoms with Gasteiger partial charge in [-0.15, -0.1) is 0 Å². The molecule has 2 aromatic carbocycles. The van der Waals surface area contributed by atoms with Gasteiger partial charge in [0, 0.05) is 11.1 Å². The molecule has 4 N–H and O–H groups in total. The van der Waals surface area contributed by atoms with Crippen LogP contribution in [0.3, 0.4) is 0 Å². The Morgan fingerprint density at radius 1 is 1.09 bits per heavy atom. The van der Waals surface area contributed by atoms with Gasteiger partial charge in [-0.25, -0.2) is 4.79 Å². The normalized spacial score (nSPS) is 9.78. The van der Waals surface area contributed by atoms with E-state index in [-0.39, 0.29) is 10.9 Å². The minimum atomic E-state index is -0.683. The lowest BCUT2D eigenvalue weighted by Crippen LogP contribution is -2.34. The smallest absolute Gasteiger partial charge is 0.413 e. The molecule has 0 fully saturated rings. The van der Waals surface area contributed by atoms with E-state index >= 15 is 0 Å². The number of hydrogen-bond acceptors (Lipinski definition) is 5. The van der Waals surface area contributed by atoms with Crippen LogP contribution in [-0.2, 0) is 4.74 Å². The van der Waals surface area contributed by atoms with Gasteiger partial charge < -0.3 is 15.8 Å². The van der Waals surface area contributed by atoms with E-state index in [0.29, 0.717) is 22.5 Å². The highest BCUT2D eigenvalue weighted by atomic mass is 32.1. The first kappa shape index (κ1) is 16.4. The SMILES string of the molecule is COC(=O)NC(=S)Nc1ccc(C(=O)c2ccccc2)cc1N. The van der Waals surface area contributed by atoms with Gasteiger partial charge in [0.2, 0.25) is 0 Å². The van der Waals surface area contributed by atoms with Gasteiger partial charge in [-0.2, -0.15) is 0 Å². The van der Waals surface area contributed by atoms with Gasteiger partial charge >= 0.3 is 6.09 Å². The number of rotatable bonds is 3. The van der Waals surface area contributed by atoms with Gasteiger partial charge in [-0.1, -0.05) is 30.3 Å². The fourth-order valence-electron chi connectivity index (χ4n) is 1.87. The summed E-state index contributed by atoms with van der Waals surface area (Å²) in [7, 11) is 1.23. The molecule has 0 aliphatic rings. The first-order valence-electron chi connectivity index (χ1n) is 6.66. The van der Waals surface area contributed by atoms with Crippen molar-refractivity contribution >= 4 is 40.6 Å². The van der Waals surface area contributed by atoms with Crippen molar-refractivity contribution in [2.75, 3.05) is 18.2 Å². The molecule has 0 aromatic heterocycles. The summed E-state index contributed by atoms with van der Waals surface area (Å²) in [6.45, 7) is 0. The number of benzene rings is 2. The molecule has 0 unspecified atom stereocenters. The zero-order valence-corrected chi connectivity index (χ0v) is 13.1. The van der Waals surface area contributed by atoms with E-state index in [4.69, 9.17) is 18.0 Å². The second kappa shape index (κ2) is 7.37. The molecule has 0 atom stereocenters. The van der Waals surface area contributed by atoms with Crippen LogP contribution in [0.1, 0.15) is 15.9 Å². The van der Waals surface area contributed by atoms with Crippen LogP contribution in [0.25, 0.3) is 0 Å². The van der Waals surface area contributed by atoms with Gasteiger partial charge in [-0.3, -0.25) is 10.1 Å². The number of ether oxygens (including phenoxy) is 1. The maximum atomic E-state index is 12.3. The zero-order chi connectivity index (χ0) is 16.8. The summed E-state index contributed by atoms with van der Waals surface area (Å²) in [5.74, 6) is -0.126. The van der Waals surface area contributed by atoms with E-state index in [1.165, 1.54) is 7.11 Å². The molecule has 0 spiro atoms. The van der Waals surface area contributed by atoms with Gasteiger partial charge in [-0.05, 0) is 30.4 Å². The predicted octanol–water partition coefficient (Wildman–Crippen LogP) is 2.55. The van der Waals surface area contributed by atoms with Crippen LogP contribution >= 0.6 is 12.2 Å². The fraction of sp³-hybridized carbons (Fsp3) is 0.0625. The average molecular weight is 329 g/mol. The van der Waals surface area contributed by atoms with Crippen LogP contribution in [0.15, 0.2) is 48.5 Å². The molecule has 0 aliphatic carbocycles. The molecule has 23 heavy (non-hydrogen) atoms. The summed E-state index contributed by atoms with van der Waals surface area (Å²) in [5, 5.41) is 5.12. The third-order valence-corrected chi connectivity index (χ3v) is 3.20. The van der Waals surface area contributed by atoms with Crippen LogP contribution in [0.4, 0.5) is 16.2 Å². The topological polar surface area (TPSA) is 93.5 Å². The third kappa shape index (κ3) is 4.27. The largest absolute Gasteiger partial charge is 0.453 e. The molecular formula is C16H15N3O3S. The molecule has 0 bridgehead atoms. The van der Waals surface area contributed by atoms with E-state index in [1.807, 2.05) is 6.07 Å². The zero-order valence-electron chi connectivity index (χ0n) is 12.3. The van der Waals surface area contributed by atoms with Crippen LogP contribution in [0.5, 0.6) is 0 Å². The number of anilines is 2. The van der Waals surface area contributed by atoms with Gasteiger partial charge in [0.05, 0.1) is 18.5 Å². The van der Waals surface area contributed by atoms with Gasteiger partial charge in [0.15, 0.2) is 10.9 Å². The Hall–Kier alpha value is -2.93. The predicted molar refractivity (Wildman–Crippen MR) is 92.5 cm³/mol. The number of alkyl carbamates (subject to hydrolysis) is 1. The molecule has 1 amide bonds. The molecule has 0 saturated carbocycles. The lowest BCUT2D eigenvalue weighted by atomic mass is 10.0. The monoisotopic (exact) mass is 329 g/mol. The Kier molecular flexibility index (Phi) is 5.27. The van der Waals surface area contributed by atoms with E-state index in [2.05, 4.69) is 15.4 Å². The first-order chi connectivity index (χ1) is 11.0. The van der Waals surface area contributed by atoms with Gasteiger partial charge in [0.25, 0.3) is 0 Å². The van der Waals surface area contributed by atoms with Crippen molar-refractivity contribution in [3.8, 4) is 0 Å². The standard InChI is InChI=1S/C16H15N3O3S/c1-22-16(21)19-15(23)18-13-8-7-11(9-12(13)17)14(20)10-5-3-2-4-6-10/h2-9H,17H2,1H3,(H2,18,19,21,23). The molecule has 7 heteroatoms. The van der Waals surface area contributed by atoms with E-state index < -0.39 is 6.09 Å². The molecule has 2 rings (SSSR count). The summed E-state index contributed by atoms with van der Waals surface area (Å²) in [5.41, 5.74) is 7.79. The number of carbonyl (C=O) groups is 2.